The zero-order valence-corrected chi connectivity index (χ0v) is 19.3. The predicted molar refractivity (Wildman–Crippen MR) is 124 cm³/mol. The number of nitrogens with one attached hydrogen (secondary N) is 1. The number of rotatable bonds is 5. The number of hydrogen-bond donors (Lipinski definition) is 1. The van der Waals surface area contributed by atoms with Crippen molar-refractivity contribution < 1.29 is 4.74 Å². The summed E-state index contributed by atoms with van der Waals surface area (Å²) < 4.78 is 5.24. The highest BCUT2D eigenvalue weighted by atomic mass is 127. The molecule has 1 aliphatic rings. The van der Waals surface area contributed by atoms with Crippen LogP contribution in [0.25, 0.3) is 0 Å². The third-order valence-corrected chi connectivity index (χ3v) is 5.72. The number of methoxy groups -OCH3 is 1. The van der Waals surface area contributed by atoms with Crippen LogP contribution in [0.2, 0.25) is 0 Å². The van der Waals surface area contributed by atoms with Crippen LogP contribution in [0.5, 0.6) is 5.75 Å². The molecule has 1 fully saturated rings. The van der Waals surface area contributed by atoms with Gasteiger partial charge in [-0.2, -0.15) is 0 Å². The minimum atomic E-state index is 0. The average molecular weight is 501 g/mol. The van der Waals surface area contributed by atoms with Crippen LogP contribution in [0.1, 0.15) is 16.8 Å². The van der Waals surface area contributed by atoms with E-state index in [-0.39, 0.29) is 24.0 Å². The molecule has 8 heteroatoms. The van der Waals surface area contributed by atoms with Crippen LogP contribution in [-0.4, -0.2) is 56.2 Å². The van der Waals surface area contributed by atoms with Gasteiger partial charge in [-0.3, -0.25) is 4.99 Å². The van der Waals surface area contributed by atoms with E-state index < -0.39 is 0 Å². The number of aromatic nitrogens is 1. The van der Waals surface area contributed by atoms with Crippen molar-refractivity contribution >= 4 is 47.0 Å². The zero-order chi connectivity index (χ0) is 18.4. The molecule has 2 heterocycles. The van der Waals surface area contributed by atoms with Gasteiger partial charge in [0.15, 0.2) is 5.96 Å². The molecule has 0 atom stereocenters. The minimum Gasteiger partial charge on any atom is -0.497 e. The van der Waals surface area contributed by atoms with Crippen molar-refractivity contribution in [1.82, 2.24) is 15.2 Å². The fraction of sp³-hybridized carbons (Fsp3) is 0.474. The molecule has 0 bridgehead atoms. The second-order valence-electron chi connectivity index (χ2n) is 6.15. The molecule has 1 aromatic carbocycles. The molecule has 3 rings (SSSR count). The van der Waals surface area contributed by atoms with Crippen molar-refractivity contribution in [2.45, 2.75) is 19.9 Å². The maximum atomic E-state index is 5.24. The molecule has 0 aliphatic carbocycles. The molecule has 1 aliphatic heterocycles. The molecular weight excluding hydrogens is 473 g/mol. The number of nitrogens with zero attached hydrogens (tertiary/aromatic N) is 4. The van der Waals surface area contributed by atoms with E-state index in [1.165, 1.54) is 10.6 Å². The molecule has 0 unspecified atom stereocenters. The average Bonchev–Trinajstić information content (AvgIpc) is 3.17. The van der Waals surface area contributed by atoms with Gasteiger partial charge in [-0.05, 0) is 30.7 Å². The maximum absolute atomic E-state index is 5.24. The summed E-state index contributed by atoms with van der Waals surface area (Å²) >= 11 is 1.77. The highest BCUT2D eigenvalue weighted by Crippen LogP contribution is 2.20. The Morgan fingerprint density at radius 3 is 2.48 bits per heavy atom. The molecular formula is C19H28IN5OS. The molecule has 6 nitrogen and oxygen atoms in total. The number of hydrogen-bond acceptors (Lipinski definition) is 5. The van der Waals surface area contributed by atoms with Crippen LogP contribution < -0.4 is 15.0 Å². The molecule has 148 valence electrons. The van der Waals surface area contributed by atoms with Crippen LogP contribution in [0, 0.1) is 0 Å². The van der Waals surface area contributed by atoms with Crippen molar-refractivity contribution in [3.63, 3.8) is 0 Å². The first-order valence-corrected chi connectivity index (χ1v) is 9.83. The third kappa shape index (κ3) is 5.71. The standard InChI is InChI=1S/C19H27N5OS.HI/c1-4-17-13-21-18(26-17)14-22-19(20-2)24-11-9-23(10-12-24)15-5-7-16(25-3)8-6-15;/h5-8,13H,4,9-12,14H2,1-3H3,(H,20,22);1H. The molecule has 1 N–H and O–H groups in total. The van der Waals surface area contributed by atoms with E-state index >= 15 is 0 Å². The van der Waals surface area contributed by atoms with Crippen LogP contribution in [0.4, 0.5) is 5.69 Å². The van der Waals surface area contributed by atoms with Gasteiger partial charge in [-0.15, -0.1) is 35.3 Å². The molecule has 27 heavy (non-hydrogen) atoms. The Morgan fingerprint density at radius 1 is 1.22 bits per heavy atom. The molecule has 2 aromatic rings. The van der Waals surface area contributed by atoms with Crippen LogP contribution in [0.3, 0.4) is 0 Å². The van der Waals surface area contributed by atoms with Gasteiger partial charge in [0.2, 0.25) is 0 Å². The van der Waals surface area contributed by atoms with E-state index in [1.807, 2.05) is 25.4 Å². The monoisotopic (exact) mass is 501 g/mol. The highest BCUT2D eigenvalue weighted by molar-refractivity contribution is 14.0. The maximum Gasteiger partial charge on any atom is 0.194 e. The number of halogens is 1. The highest BCUT2D eigenvalue weighted by Gasteiger charge is 2.20. The number of thiazole rings is 1. The summed E-state index contributed by atoms with van der Waals surface area (Å²) in [7, 11) is 3.54. The first-order chi connectivity index (χ1) is 12.7. The van der Waals surface area contributed by atoms with E-state index in [0.29, 0.717) is 0 Å². The van der Waals surface area contributed by atoms with Gasteiger partial charge in [0.1, 0.15) is 10.8 Å². The number of benzene rings is 1. The molecule has 0 radical (unpaired) electrons. The Balaban J connectivity index is 0.00000261. The molecule has 1 aromatic heterocycles. The lowest BCUT2D eigenvalue weighted by Crippen LogP contribution is -2.52. The number of guanidine groups is 1. The smallest absolute Gasteiger partial charge is 0.194 e. The Morgan fingerprint density at radius 2 is 1.93 bits per heavy atom. The summed E-state index contributed by atoms with van der Waals surface area (Å²) in [5, 5.41) is 4.56. The lowest BCUT2D eigenvalue weighted by Gasteiger charge is -2.37. The second kappa shape index (κ2) is 10.7. The van der Waals surface area contributed by atoms with Gasteiger partial charge in [0.05, 0.1) is 13.7 Å². The van der Waals surface area contributed by atoms with E-state index in [2.05, 4.69) is 44.1 Å². The summed E-state index contributed by atoms with van der Waals surface area (Å²) in [5.41, 5.74) is 1.24. The minimum absolute atomic E-state index is 0. The predicted octanol–water partition coefficient (Wildman–Crippen LogP) is 3.23. The first-order valence-electron chi connectivity index (χ1n) is 9.01. The molecule has 1 saturated heterocycles. The summed E-state index contributed by atoms with van der Waals surface area (Å²) in [4.78, 5) is 15.0. The number of ether oxygens (including phenoxy) is 1. The molecule has 0 spiro atoms. The fourth-order valence-electron chi connectivity index (χ4n) is 3.05. The molecule has 0 saturated carbocycles. The van der Waals surface area contributed by atoms with Crippen molar-refractivity contribution in [3.05, 3.63) is 40.3 Å². The second-order valence-corrected chi connectivity index (χ2v) is 7.35. The number of aliphatic imine (C=N–C) groups is 1. The van der Waals surface area contributed by atoms with Gasteiger partial charge in [-0.1, -0.05) is 6.92 Å². The first kappa shape index (κ1) is 21.7. The van der Waals surface area contributed by atoms with E-state index in [0.717, 1.165) is 55.9 Å². The summed E-state index contributed by atoms with van der Waals surface area (Å²) in [5.74, 6) is 1.85. The van der Waals surface area contributed by atoms with E-state index in [9.17, 15) is 0 Å². The SMILES string of the molecule is CCc1cnc(CNC(=NC)N2CCN(c3ccc(OC)cc3)CC2)s1.I. The van der Waals surface area contributed by atoms with Crippen LogP contribution in [0.15, 0.2) is 35.5 Å². The normalized spacial score (nSPS) is 14.7. The molecule has 0 amide bonds. The van der Waals surface area contributed by atoms with Gasteiger partial charge in [0, 0.05) is 50.0 Å². The lowest BCUT2D eigenvalue weighted by molar-refractivity contribution is 0.372. The van der Waals surface area contributed by atoms with E-state index in [4.69, 9.17) is 4.74 Å². The number of anilines is 1. The zero-order valence-electron chi connectivity index (χ0n) is 16.1. The van der Waals surface area contributed by atoms with Crippen molar-refractivity contribution in [2.24, 2.45) is 4.99 Å². The fourth-order valence-corrected chi connectivity index (χ4v) is 3.85. The van der Waals surface area contributed by atoms with Crippen molar-refractivity contribution in [2.75, 3.05) is 45.2 Å². The Kier molecular flexibility index (Phi) is 8.62. The van der Waals surface area contributed by atoms with Crippen molar-refractivity contribution in [1.29, 1.82) is 0 Å². The summed E-state index contributed by atoms with van der Waals surface area (Å²) in [6.45, 7) is 6.74. The lowest BCUT2D eigenvalue weighted by atomic mass is 10.2. The quantitative estimate of drug-likeness (QED) is 0.388. The topological polar surface area (TPSA) is 53.0 Å². The third-order valence-electron chi connectivity index (χ3n) is 4.58. The van der Waals surface area contributed by atoms with E-state index in [1.54, 1.807) is 18.4 Å². The van der Waals surface area contributed by atoms with Crippen LogP contribution >= 0.6 is 35.3 Å². The van der Waals surface area contributed by atoms with Crippen molar-refractivity contribution in [3.8, 4) is 5.75 Å². The summed E-state index contributed by atoms with van der Waals surface area (Å²) in [6.07, 6.45) is 3.01. The van der Waals surface area contributed by atoms with Gasteiger partial charge < -0.3 is 19.9 Å². The summed E-state index contributed by atoms with van der Waals surface area (Å²) in [6, 6.07) is 8.27. The Labute approximate surface area is 182 Å². The number of aryl methyl sites for hydroxylation is 1. The Hall–Kier alpha value is -1.55. The van der Waals surface area contributed by atoms with Gasteiger partial charge in [-0.25, -0.2) is 4.98 Å². The Bertz CT molecular complexity index is 726. The van der Waals surface area contributed by atoms with Gasteiger partial charge in [0.25, 0.3) is 0 Å². The largest absolute Gasteiger partial charge is 0.497 e. The number of piperazine rings is 1. The van der Waals surface area contributed by atoms with Gasteiger partial charge >= 0.3 is 0 Å². The van der Waals surface area contributed by atoms with Crippen LogP contribution in [-0.2, 0) is 13.0 Å².